The quantitative estimate of drug-likeness (QED) is 0.469. The lowest BCUT2D eigenvalue weighted by atomic mass is 10.3. The van der Waals surface area contributed by atoms with E-state index in [0.717, 1.165) is 12.8 Å². The van der Waals surface area contributed by atoms with Crippen molar-refractivity contribution in [3.05, 3.63) is 0 Å². The van der Waals surface area contributed by atoms with Crippen molar-refractivity contribution >= 4 is 27.5 Å². The average Bonchev–Trinajstić information content (AvgIpc) is 1.68. The standard InChI is InChI=1S/C6H8BrCl/c1-2-3-6(8)4-5-7/h6H,2-3H2,1H3. The first-order valence-electron chi connectivity index (χ1n) is 2.56. The molecular weight excluding hydrogens is 187 g/mol. The maximum atomic E-state index is 5.68. The van der Waals surface area contributed by atoms with Gasteiger partial charge in [-0.05, 0) is 11.3 Å². The Balaban J connectivity index is 3.27. The third kappa shape index (κ3) is 4.49. The fraction of sp³-hybridized carbons (Fsp3) is 0.667. The molecule has 0 saturated carbocycles. The fourth-order valence-electron chi connectivity index (χ4n) is 0.385. The Morgan fingerprint density at radius 1 is 1.75 bits per heavy atom. The van der Waals surface area contributed by atoms with Crippen molar-refractivity contribution in [3.8, 4) is 10.8 Å². The first-order valence-corrected chi connectivity index (χ1v) is 3.79. The number of alkyl halides is 1. The largest absolute Gasteiger partial charge is 0.109 e. The zero-order chi connectivity index (χ0) is 6.41. The highest BCUT2D eigenvalue weighted by Gasteiger charge is 1.93. The molecule has 0 nitrogen and oxygen atoms in total. The van der Waals surface area contributed by atoms with Gasteiger partial charge in [-0.3, -0.25) is 0 Å². The van der Waals surface area contributed by atoms with Crippen LogP contribution < -0.4 is 0 Å². The molecule has 0 aliphatic rings. The summed E-state index contributed by atoms with van der Waals surface area (Å²) in [5.41, 5.74) is 0. The summed E-state index contributed by atoms with van der Waals surface area (Å²) in [6.07, 6.45) is 2.07. The molecule has 1 unspecified atom stereocenters. The van der Waals surface area contributed by atoms with E-state index in [4.69, 9.17) is 11.6 Å². The van der Waals surface area contributed by atoms with Gasteiger partial charge in [0.1, 0.15) is 0 Å². The van der Waals surface area contributed by atoms with E-state index in [0.29, 0.717) is 0 Å². The lowest BCUT2D eigenvalue weighted by Gasteiger charge is -1.93. The van der Waals surface area contributed by atoms with Gasteiger partial charge in [-0.2, -0.15) is 0 Å². The fourth-order valence-corrected chi connectivity index (χ4v) is 1.07. The lowest BCUT2D eigenvalue weighted by molar-refractivity contribution is 0.834. The molecule has 0 aromatic carbocycles. The molecule has 0 fully saturated rings. The predicted molar refractivity (Wildman–Crippen MR) is 41.3 cm³/mol. The van der Waals surface area contributed by atoms with E-state index in [9.17, 15) is 0 Å². The smallest absolute Gasteiger partial charge is 0.0951 e. The summed E-state index contributed by atoms with van der Waals surface area (Å²) >= 11 is 8.65. The molecule has 0 aromatic heterocycles. The molecule has 0 saturated heterocycles. The summed E-state index contributed by atoms with van der Waals surface area (Å²) in [6, 6.07) is 0. The van der Waals surface area contributed by atoms with Crippen LogP contribution in [-0.2, 0) is 0 Å². The second kappa shape index (κ2) is 5.47. The minimum Gasteiger partial charge on any atom is -0.109 e. The molecule has 0 aliphatic carbocycles. The Hall–Kier alpha value is 0.330. The maximum Gasteiger partial charge on any atom is 0.0951 e. The predicted octanol–water partition coefficient (Wildman–Crippen LogP) is 2.75. The van der Waals surface area contributed by atoms with Crippen LogP contribution in [0.15, 0.2) is 0 Å². The van der Waals surface area contributed by atoms with E-state index in [1.54, 1.807) is 0 Å². The molecule has 0 N–H and O–H groups in total. The molecular formula is C6H8BrCl. The summed E-state index contributed by atoms with van der Waals surface area (Å²) in [6.45, 7) is 2.09. The zero-order valence-corrected chi connectivity index (χ0v) is 7.09. The van der Waals surface area contributed by atoms with Crippen LogP contribution in [0.5, 0.6) is 0 Å². The highest BCUT2D eigenvalue weighted by molar-refractivity contribution is 9.12. The van der Waals surface area contributed by atoms with Crippen LogP contribution >= 0.6 is 27.5 Å². The van der Waals surface area contributed by atoms with Crippen molar-refractivity contribution < 1.29 is 0 Å². The van der Waals surface area contributed by atoms with Gasteiger partial charge in [0.05, 0.1) is 5.38 Å². The van der Waals surface area contributed by atoms with E-state index in [-0.39, 0.29) is 5.38 Å². The van der Waals surface area contributed by atoms with Crippen molar-refractivity contribution in [3.63, 3.8) is 0 Å². The van der Waals surface area contributed by atoms with Crippen molar-refractivity contribution in [2.45, 2.75) is 25.1 Å². The molecule has 8 heavy (non-hydrogen) atoms. The molecule has 0 spiro atoms. The van der Waals surface area contributed by atoms with Crippen molar-refractivity contribution in [2.24, 2.45) is 0 Å². The highest BCUT2D eigenvalue weighted by Crippen LogP contribution is 2.02. The first kappa shape index (κ1) is 8.33. The molecule has 0 aromatic rings. The van der Waals surface area contributed by atoms with Gasteiger partial charge in [0.2, 0.25) is 0 Å². The second-order valence-electron chi connectivity index (χ2n) is 1.50. The summed E-state index contributed by atoms with van der Waals surface area (Å²) in [5, 5.41) is 0.0272. The summed E-state index contributed by atoms with van der Waals surface area (Å²) in [7, 11) is 0. The normalized spacial score (nSPS) is 11.9. The van der Waals surface area contributed by atoms with Gasteiger partial charge >= 0.3 is 0 Å². The Bertz CT molecular complexity index is 101. The third-order valence-electron chi connectivity index (χ3n) is 0.753. The van der Waals surface area contributed by atoms with Crippen LogP contribution in [0.4, 0.5) is 0 Å². The lowest BCUT2D eigenvalue weighted by Crippen LogP contribution is -1.90. The summed E-state index contributed by atoms with van der Waals surface area (Å²) in [5.74, 6) is 2.78. The Morgan fingerprint density at radius 2 is 2.38 bits per heavy atom. The summed E-state index contributed by atoms with van der Waals surface area (Å²) in [4.78, 5) is 2.58. The second-order valence-corrected chi connectivity index (χ2v) is 2.42. The maximum absolute atomic E-state index is 5.68. The SMILES string of the molecule is CCCC(Cl)C#CBr. The van der Waals surface area contributed by atoms with Crippen LogP contribution in [0.2, 0.25) is 0 Å². The van der Waals surface area contributed by atoms with Crippen molar-refractivity contribution in [1.82, 2.24) is 0 Å². The van der Waals surface area contributed by atoms with Gasteiger partial charge in [0, 0.05) is 15.9 Å². The zero-order valence-electron chi connectivity index (χ0n) is 4.75. The van der Waals surface area contributed by atoms with E-state index >= 15 is 0 Å². The van der Waals surface area contributed by atoms with Gasteiger partial charge in [-0.25, -0.2) is 0 Å². The molecule has 1 atom stereocenters. The van der Waals surface area contributed by atoms with Gasteiger partial charge in [-0.1, -0.05) is 19.3 Å². The molecule has 46 valence electrons. The molecule has 0 aliphatic heterocycles. The van der Waals surface area contributed by atoms with Gasteiger partial charge in [0.15, 0.2) is 0 Å². The van der Waals surface area contributed by atoms with Gasteiger partial charge in [0.25, 0.3) is 0 Å². The number of rotatable bonds is 2. The van der Waals surface area contributed by atoms with Crippen LogP contribution in [0, 0.1) is 10.8 Å². The van der Waals surface area contributed by atoms with E-state index < -0.39 is 0 Å². The molecule has 0 bridgehead atoms. The number of hydrogen-bond donors (Lipinski definition) is 0. The minimum absolute atomic E-state index is 0.0272. The monoisotopic (exact) mass is 194 g/mol. The summed E-state index contributed by atoms with van der Waals surface area (Å²) < 4.78 is 0. The van der Waals surface area contributed by atoms with Crippen LogP contribution in [0.1, 0.15) is 19.8 Å². The van der Waals surface area contributed by atoms with Crippen LogP contribution in [-0.4, -0.2) is 5.38 Å². The topological polar surface area (TPSA) is 0 Å². The third-order valence-corrected chi connectivity index (χ3v) is 1.31. The van der Waals surface area contributed by atoms with Crippen LogP contribution in [0.25, 0.3) is 0 Å². The number of halogens is 2. The molecule has 0 radical (unpaired) electrons. The molecule has 0 heterocycles. The van der Waals surface area contributed by atoms with Crippen LogP contribution in [0.3, 0.4) is 0 Å². The average molecular weight is 195 g/mol. The Labute approximate surface area is 63.7 Å². The highest BCUT2D eigenvalue weighted by atomic mass is 79.9. The van der Waals surface area contributed by atoms with E-state index in [1.807, 2.05) is 0 Å². The van der Waals surface area contributed by atoms with Crippen molar-refractivity contribution in [2.75, 3.05) is 0 Å². The van der Waals surface area contributed by atoms with E-state index in [1.165, 1.54) is 0 Å². The Morgan fingerprint density at radius 3 is 2.75 bits per heavy atom. The van der Waals surface area contributed by atoms with Gasteiger partial charge < -0.3 is 0 Å². The van der Waals surface area contributed by atoms with Gasteiger partial charge in [-0.15, -0.1) is 11.6 Å². The van der Waals surface area contributed by atoms with Crippen molar-refractivity contribution in [1.29, 1.82) is 0 Å². The minimum atomic E-state index is 0.0272. The molecule has 0 rings (SSSR count). The number of hydrogen-bond acceptors (Lipinski definition) is 0. The first-order chi connectivity index (χ1) is 3.81. The molecule has 2 heteroatoms. The van der Waals surface area contributed by atoms with E-state index in [2.05, 4.69) is 33.6 Å². The molecule has 0 amide bonds. The Kier molecular flexibility index (Phi) is 5.69.